The Kier molecular flexibility index (Phi) is 6.69. The summed E-state index contributed by atoms with van der Waals surface area (Å²) in [4.78, 5) is 25.3. The Morgan fingerprint density at radius 2 is 1.58 bits per heavy atom. The number of rotatable bonds is 7. The Morgan fingerprint density at radius 1 is 1.05 bits per heavy atom. The van der Waals surface area contributed by atoms with Crippen LogP contribution in [0.2, 0.25) is 0 Å². The van der Waals surface area contributed by atoms with Crippen LogP contribution in [-0.4, -0.2) is 49.1 Å². The van der Waals surface area contributed by atoms with Crippen molar-refractivity contribution in [1.29, 1.82) is 0 Å². The van der Waals surface area contributed by atoms with Crippen molar-refractivity contribution in [3.63, 3.8) is 0 Å². The fourth-order valence-electron chi connectivity index (χ4n) is 2.04. The highest BCUT2D eigenvalue weighted by Crippen LogP contribution is 2.47. The lowest BCUT2D eigenvalue weighted by Crippen LogP contribution is -2.41. The van der Waals surface area contributed by atoms with E-state index >= 15 is 0 Å². The number of amides is 1. The highest BCUT2D eigenvalue weighted by atomic mass is 31.2. The van der Waals surface area contributed by atoms with Crippen LogP contribution in [0.5, 0.6) is 0 Å². The van der Waals surface area contributed by atoms with Crippen molar-refractivity contribution in [2.75, 3.05) is 32.5 Å². The molecule has 1 saturated heterocycles. The topological polar surface area (TPSA) is 72.9 Å². The minimum absolute atomic E-state index is 0.183. The van der Waals surface area contributed by atoms with Gasteiger partial charge in [-0.2, -0.15) is 0 Å². The summed E-state index contributed by atoms with van der Waals surface area (Å²) < 4.78 is 22.2. The van der Waals surface area contributed by atoms with Crippen LogP contribution < -0.4 is 0 Å². The third-order valence-electron chi connectivity index (χ3n) is 2.87. The first-order valence-corrected chi connectivity index (χ1v) is 8.45. The van der Waals surface area contributed by atoms with Crippen molar-refractivity contribution in [3.05, 3.63) is 0 Å². The lowest BCUT2D eigenvalue weighted by Gasteiger charge is -2.26. The minimum atomic E-state index is -3.48. The number of carbonyl (C=O) groups excluding carboxylic acids is 2. The molecule has 0 atom stereocenters. The number of piperidine rings is 1. The molecule has 1 rings (SSSR count). The number of nitrogens with zero attached hydrogens (tertiary/aromatic N) is 1. The fourth-order valence-corrected chi connectivity index (χ4v) is 3.57. The number of likely N-dealkylation sites (tertiary alicyclic amines) is 1. The van der Waals surface area contributed by atoms with Gasteiger partial charge in [0.1, 0.15) is 6.16 Å². The maximum atomic E-state index is 12.2. The van der Waals surface area contributed by atoms with Crippen LogP contribution in [0, 0.1) is 0 Å². The van der Waals surface area contributed by atoms with Gasteiger partial charge < -0.3 is 13.9 Å². The monoisotopic (exact) mass is 291 g/mol. The first-order valence-electron chi connectivity index (χ1n) is 6.72. The van der Waals surface area contributed by atoms with Crippen molar-refractivity contribution in [3.8, 4) is 0 Å². The molecule has 0 unspecified atom stereocenters. The molecule has 110 valence electrons. The van der Waals surface area contributed by atoms with E-state index in [1.165, 1.54) is 4.90 Å². The van der Waals surface area contributed by atoms with Gasteiger partial charge in [-0.1, -0.05) is 0 Å². The number of Topliss-reactive ketones (excluding diaryl/α,β-unsaturated/α-hetero) is 1. The average Bonchev–Trinajstić information content (AvgIpc) is 2.39. The maximum Gasteiger partial charge on any atom is 0.338 e. The number of ketones is 1. The lowest BCUT2D eigenvalue weighted by atomic mass is 10.1. The summed E-state index contributed by atoms with van der Waals surface area (Å²) >= 11 is 0. The standard InChI is InChI=1S/C12H22NO5P/c1-3-17-19(16,18-4-2)10-11(14)12(15)13-8-6-5-7-9-13/h3-10H2,1-2H3. The van der Waals surface area contributed by atoms with E-state index in [4.69, 9.17) is 9.05 Å². The van der Waals surface area contributed by atoms with Crippen LogP contribution in [-0.2, 0) is 23.2 Å². The van der Waals surface area contributed by atoms with Crippen molar-refractivity contribution < 1.29 is 23.2 Å². The smallest absolute Gasteiger partial charge is 0.336 e. The Bertz CT molecular complexity index is 355. The molecule has 1 aliphatic heterocycles. The molecule has 1 aliphatic rings. The molecule has 1 heterocycles. The Balaban J connectivity index is 2.60. The predicted octanol–water partition coefficient (Wildman–Crippen LogP) is 1.83. The van der Waals surface area contributed by atoms with Crippen molar-refractivity contribution in [2.24, 2.45) is 0 Å². The van der Waals surface area contributed by atoms with Crippen LogP contribution in [0.1, 0.15) is 33.1 Å². The molecule has 0 aromatic carbocycles. The summed E-state index contributed by atoms with van der Waals surface area (Å²) in [5, 5.41) is 0. The lowest BCUT2D eigenvalue weighted by molar-refractivity contribution is -0.144. The third kappa shape index (κ3) is 5.05. The molecule has 0 N–H and O–H groups in total. The molecule has 0 aromatic heterocycles. The zero-order valence-corrected chi connectivity index (χ0v) is 12.5. The zero-order valence-electron chi connectivity index (χ0n) is 11.6. The van der Waals surface area contributed by atoms with E-state index in [9.17, 15) is 14.2 Å². The molecule has 0 spiro atoms. The molecule has 19 heavy (non-hydrogen) atoms. The quantitative estimate of drug-likeness (QED) is 0.528. The summed E-state index contributed by atoms with van der Waals surface area (Å²) in [5.41, 5.74) is 0. The highest BCUT2D eigenvalue weighted by molar-refractivity contribution is 7.55. The Labute approximate surface area is 114 Å². The Hall–Kier alpha value is -0.710. The molecule has 0 aliphatic carbocycles. The van der Waals surface area contributed by atoms with Gasteiger partial charge in [-0.25, -0.2) is 0 Å². The van der Waals surface area contributed by atoms with Gasteiger partial charge in [0.15, 0.2) is 0 Å². The van der Waals surface area contributed by atoms with Gasteiger partial charge in [0, 0.05) is 13.1 Å². The van der Waals surface area contributed by atoms with Crippen molar-refractivity contribution in [1.82, 2.24) is 4.90 Å². The van der Waals surface area contributed by atoms with E-state index in [1.807, 2.05) is 0 Å². The Morgan fingerprint density at radius 3 is 2.05 bits per heavy atom. The molecular formula is C12H22NO5P. The van der Waals surface area contributed by atoms with Gasteiger partial charge in [-0.3, -0.25) is 14.2 Å². The number of hydrogen-bond donors (Lipinski definition) is 0. The highest BCUT2D eigenvalue weighted by Gasteiger charge is 2.33. The van der Waals surface area contributed by atoms with Crippen LogP contribution in [0.15, 0.2) is 0 Å². The second-order valence-corrected chi connectivity index (χ2v) is 6.44. The second-order valence-electron chi connectivity index (χ2n) is 4.38. The third-order valence-corrected chi connectivity index (χ3v) is 4.85. The van der Waals surface area contributed by atoms with E-state index in [2.05, 4.69) is 0 Å². The van der Waals surface area contributed by atoms with Gasteiger partial charge in [-0.05, 0) is 33.1 Å². The van der Waals surface area contributed by atoms with Gasteiger partial charge in [-0.15, -0.1) is 0 Å². The molecule has 0 aromatic rings. The van der Waals surface area contributed by atoms with Crippen LogP contribution in [0.25, 0.3) is 0 Å². The summed E-state index contributed by atoms with van der Waals surface area (Å²) in [5.74, 6) is -1.26. The molecule has 0 bridgehead atoms. The fraction of sp³-hybridized carbons (Fsp3) is 0.833. The molecule has 6 nitrogen and oxygen atoms in total. The average molecular weight is 291 g/mol. The second kappa shape index (κ2) is 7.78. The molecule has 1 amide bonds. The maximum absolute atomic E-state index is 12.2. The molecule has 0 saturated carbocycles. The van der Waals surface area contributed by atoms with Gasteiger partial charge in [0.2, 0.25) is 5.78 Å². The molecule has 7 heteroatoms. The normalized spacial score (nSPS) is 16.4. The first kappa shape index (κ1) is 16.3. The minimum Gasteiger partial charge on any atom is -0.336 e. The molecular weight excluding hydrogens is 269 g/mol. The van der Waals surface area contributed by atoms with Gasteiger partial charge >= 0.3 is 7.60 Å². The van der Waals surface area contributed by atoms with Crippen molar-refractivity contribution in [2.45, 2.75) is 33.1 Å². The van der Waals surface area contributed by atoms with E-state index < -0.39 is 25.4 Å². The van der Waals surface area contributed by atoms with E-state index in [0.29, 0.717) is 13.1 Å². The van der Waals surface area contributed by atoms with E-state index in [0.717, 1.165) is 19.3 Å². The number of hydrogen-bond acceptors (Lipinski definition) is 5. The van der Waals surface area contributed by atoms with E-state index in [-0.39, 0.29) is 13.2 Å². The largest absolute Gasteiger partial charge is 0.338 e. The van der Waals surface area contributed by atoms with Crippen LogP contribution in [0.4, 0.5) is 0 Å². The van der Waals surface area contributed by atoms with Gasteiger partial charge in [0.25, 0.3) is 5.91 Å². The first-order chi connectivity index (χ1) is 9.02. The van der Waals surface area contributed by atoms with Gasteiger partial charge in [0.05, 0.1) is 13.2 Å². The predicted molar refractivity (Wildman–Crippen MR) is 71.2 cm³/mol. The SMILES string of the molecule is CCOP(=O)(CC(=O)C(=O)N1CCCCC1)OCC. The molecule has 0 radical (unpaired) electrons. The number of carbonyl (C=O) groups is 2. The summed E-state index contributed by atoms with van der Waals surface area (Å²) in [6.45, 7) is 4.90. The molecule has 1 fully saturated rings. The zero-order chi connectivity index (χ0) is 14.3. The van der Waals surface area contributed by atoms with E-state index in [1.54, 1.807) is 13.8 Å². The van der Waals surface area contributed by atoms with Crippen LogP contribution >= 0.6 is 7.60 Å². The summed E-state index contributed by atoms with van der Waals surface area (Å²) in [6, 6.07) is 0. The summed E-state index contributed by atoms with van der Waals surface area (Å²) in [6.07, 6.45) is 2.43. The van der Waals surface area contributed by atoms with Crippen LogP contribution in [0.3, 0.4) is 0 Å². The summed E-state index contributed by atoms with van der Waals surface area (Å²) in [7, 11) is -3.48. The van der Waals surface area contributed by atoms with Crippen molar-refractivity contribution >= 4 is 19.3 Å².